The summed E-state index contributed by atoms with van der Waals surface area (Å²) >= 11 is 0. The molecule has 146 valence electrons. The molecule has 1 unspecified atom stereocenters. The maximum Gasteiger partial charge on any atom is 0.244 e. The Morgan fingerprint density at radius 3 is 2.33 bits per heavy atom. The van der Waals surface area contributed by atoms with Crippen LogP contribution in [0.5, 0.6) is 0 Å². The van der Waals surface area contributed by atoms with Gasteiger partial charge in [-0.05, 0) is 39.4 Å². The van der Waals surface area contributed by atoms with E-state index in [1.54, 1.807) is 0 Å². The van der Waals surface area contributed by atoms with E-state index in [-0.39, 0.29) is 23.8 Å². The zero-order valence-corrected chi connectivity index (χ0v) is 17.0. The zero-order valence-electron chi connectivity index (χ0n) is 17.0. The van der Waals surface area contributed by atoms with Gasteiger partial charge in [0.25, 0.3) is 0 Å². The van der Waals surface area contributed by atoms with Gasteiger partial charge < -0.3 is 9.42 Å². The maximum absolute atomic E-state index is 13.2. The molecule has 2 aromatic rings. The average Bonchev–Trinajstić information content (AvgIpc) is 3.14. The van der Waals surface area contributed by atoms with E-state index in [2.05, 4.69) is 55.2 Å². The monoisotopic (exact) mass is 370 g/mol. The number of hydrogen-bond donors (Lipinski definition) is 0. The SMILES string of the molecule is Cc1ccc(C(C(=O)N2CCC(c3nc(C(C)C)no3)CC2)N(C)C)cc1. The van der Waals surface area contributed by atoms with Gasteiger partial charge >= 0.3 is 0 Å². The van der Waals surface area contributed by atoms with E-state index in [0.29, 0.717) is 5.89 Å². The van der Waals surface area contributed by atoms with Crippen LogP contribution in [0.25, 0.3) is 0 Å². The standard InChI is InChI=1S/C21H30N4O2/c1-14(2)19-22-20(27-23-19)17-10-12-25(13-11-17)21(26)18(24(4)5)16-8-6-15(3)7-9-16/h6-9,14,17-18H,10-13H2,1-5H3. The van der Waals surface area contributed by atoms with Crippen LogP contribution in [-0.2, 0) is 4.79 Å². The molecule has 2 heterocycles. The smallest absolute Gasteiger partial charge is 0.244 e. The van der Waals surface area contributed by atoms with Crippen LogP contribution in [0.2, 0.25) is 0 Å². The minimum atomic E-state index is -0.252. The number of aromatic nitrogens is 2. The Morgan fingerprint density at radius 2 is 1.81 bits per heavy atom. The van der Waals surface area contributed by atoms with Crippen molar-refractivity contribution in [2.24, 2.45) is 0 Å². The molecule has 0 spiro atoms. The van der Waals surface area contributed by atoms with Crippen molar-refractivity contribution in [3.8, 4) is 0 Å². The van der Waals surface area contributed by atoms with E-state index in [4.69, 9.17) is 4.52 Å². The molecule has 1 saturated heterocycles. The summed E-state index contributed by atoms with van der Waals surface area (Å²) in [7, 11) is 3.92. The highest BCUT2D eigenvalue weighted by Crippen LogP contribution is 2.30. The topological polar surface area (TPSA) is 62.5 Å². The van der Waals surface area contributed by atoms with Gasteiger partial charge in [0.2, 0.25) is 11.8 Å². The number of likely N-dealkylation sites (tertiary alicyclic amines) is 1. The molecule has 1 aromatic carbocycles. The summed E-state index contributed by atoms with van der Waals surface area (Å²) in [4.78, 5) is 21.7. The summed E-state index contributed by atoms with van der Waals surface area (Å²) in [5.74, 6) is 2.14. The Balaban J connectivity index is 1.66. The van der Waals surface area contributed by atoms with Crippen molar-refractivity contribution in [3.05, 3.63) is 47.1 Å². The van der Waals surface area contributed by atoms with E-state index >= 15 is 0 Å². The third kappa shape index (κ3) is 4.38. The zero-order chi connectivity index (χ0) is 19.6. The number of nitrogens with zero attached hydrogens (tertiary/aromatic N) is 4. The quantitative estimate of drug-likeness (QED) is 0.806. The second-order valence-electron chi connectivity index (χ2n) is 8.02. The maximum atomic E-state index is 13.2. The van der Waals surface area contributed by atoms with Crippen LogP contribution < -0.4 is 0 Å². The highest BCUT2D eigenvalue weighted by molar-refractivity contribution is 5.83. The normalized spacial score (nSPS) is 16.9. The largest absolute Gasteiger partial charge is 0.341 e. The lowest BCUT2D eigenvalue weighted by Crippen LogP contribution is -2.44. The molecule has 1 atom stereocenters. The number of carbonyl (C=O) groups excluding carboxylic acids is 1. The predicted molar refractivity (Wildman–Crippen MR) is 105 cm³/mol. The molecule has 0 saturated carbocycles. The first kappa shape index (κ1) is 19.5. The van der Waals surface area contributed by atoms with Crippen LogP contribution in [-0.4, -0.2) is 53.0 Å². The van der Waals surface area contributed by atoms with Crippen LogP contribution in [0.4, 0.5) is 0 Å². The molecule has 0 bridgehead atoms. The lowest BCUT2D eigenvalue weighted by molar-refractivity contribution is -0.137. The average molecular weight is 370 g/mol. The third-order valence-corrected chi connectivity index (χ3v) is 5.27. The number of benzene rings is 1. The number of hydrogen-bond acceptors (Lipinski definition) is 5. The van der Waals surface area contributed by atoms with Crippen LogP contribution in [0.3, 0.4) is 0 Å². The fraction of sp³-hybridized carbons (Fsp3) is 0.571. The van der Waals surface area contributed by atoms with Gasteiger partial charge in [0.15, 0.2) is 5.82 Å². The first-order chi connectivity index (χ1) is 12.9. The molecule has 27 heavy (non-hydrogen) atoms. The van der Waals surface area contributed by atoms with Gasteiger partial charge in [0.1, 0.15) is 6.04 Å². The van der Waals surface area contributed by atoms with E-state index in [1.165, 1.54) is 5.56 Å². The summed E-state index contributed by atoms with van der Waals surface area (Å²) in [6, 6.07) is 7.98. The minimum absolute atomic E-state index is 0.163. The highest BCUT2D eigenvalue weighted by Gasteiger charge is 2.32. The van der Waals surface area contributed by atoms with Crippen molar-refractivity contribution in [1.29, 1.82) is 0 Å². The van der Waals surface area contributed by atoms with Crippen molar-refractivity contribution in [2.75, 3.05) is 27.2 Å². The van der Waals surface area contributed by atoms with Gasteiger partial charge in [-0.3, -0.25) is 9.69 Å². The third-order valence-electron chi connectivity index (χ3n) is 5.27. The molecule has 1 aromatic heterocycles. The van der Waals surface area contributed by atoms with E-state index < -0.39 is 0 Å². The van der Waals surface area contributed by atoms with Crippen LogP contribution in [0.15, 0.2) is 28.8 Å². The Morgan fingerprint density at radius 1 is 1.19 bits per heavy atom. The molecule has 1 aliphatic heterocycles. The fourth-order valence-electron chi connectivity index (χ4n) is 3.58. The molecular formula is C21H30N4O2. The second kappa shape index (κ2) is 8.21. The van der Waals surface area contributed by atoms with Crippen LogP contribution in [0.1, 0.15) is 67.4 Å². The molecule has 0 aliphatic carbocycles. The summed E-state index contributed by atoms with van der Waals surface area (Å²) in [5, 5.41) is 4.07. The molecular weight excluding hydrogens is 340 g/mol. The number of likely N-dealkylation sites (N-methyl/N-ethyl adjacent to an activating group) is 1. The van der Waals surface area contributed by atoms with Crippen molar-refractivity contribution in [2.45, 2.75) is 51.5 Å². The second-order valence-corrected chi connectivity index (χ2v) is 8.02. The van der Waals surface area contributed by atoms with Crippen molar-refractivity contribution in [3.63, 3.8) is 0 Å². The molecule has 0 radical (unpaired) electrons. The molecule has 6 heteroatoms. The van der Waals surface area contributed by atoms with Gasteiger partial charge in [-0.15, -0.1) is 0 Å². The first-order valence-electron chi connectivity index (χ1n) is 9.72. The Hall–Kier alpha value is -2.21. The van der Waals surface area contributed by atoms with Gasteiger partial charge in [-0.2, -0.15) is 4.98 Å². The lowest BCUT2D eigenvalue weighted by Gasteiger charge is -2.35. The molecule has 0 N–H and O–H groups in total. The first-order valence-corrected chi connectivity index (χ1v) is 9.72. The van der Waals surface area contributed by atoms with Gasteiger partial charge in [-0.1, -0.05) is 48.8 Å². The van der Waals surface area contributed by atoms with Gasteiger partial charge in [0, 0.05) is 24.9 Å². The fourth-order valence-corrected chi connectivity index (χ4v) is 3.58. The van der Waals surface area contributed by atoms with Crippen molar-refractivity contribution in [1.82, 2.24) is 19.9 Å². The molecule has 1 amide bonds. The Labute approximate surface area is 161 Å². The van der Waals surface area contributed by atoms with E-state index in [1.807, 2.05) is 23.9 Å². The van der Waals surface area contributed by atoms with Crippen molar-refractivity contribution < 1.29 is 9.32 Å². The molecule has 6 nitrogen and oxygen atoms in total. The minimum Gasteiger partial charge on any atom is -0.341 e. The van der Waals surface area contributed by atoms with Gasteiger partial charge in [-0.25, -0.2) is 0 Å². The number of piperidine rings is 1. The lowest BCUT2D eigenvalue weighted by atomic mass is 9.95. The van der Waals surface area contributed by atoms with E-state index in [9.17, 15) is 4.79 Å². The summed E-state index contributed by atoms with van der Waals surface area (Å²) in [5.41, 5.74) is 2.24. The summed E-state index contributed by atoms with van der Waals surface area (Å²) < 4.78 is 5.45. The Bertz CT molecular complexity index is 759. The highest BCUT2D eigenvalue weighted by atomic mass is 16.5. The molecule has 1 fully saturated rings. The molecule has 3 rings (SSSR count). The number of amides is 1. The Kier molecular flexibility index (Phi) is 5.95. The van der Waals surface area contributed by atoms with Crippen LogP contribution >= 0.6 is 0 Å². The van der Waals surface area contributed by atoms with Gasteiger partial charge in [0.05, 0.1) is 0 Å². The van der Waals surface area contributed by atoms with Crippen LogP contribution in [0, 0.1) is 6.92 Å². The summed E-state index contributed by atoms with van der Waals surface area (Å²) in [6.07, 6.45) is 1.72. The summed E-state index contributed by atoms with van der Waals surface area (Å²) in [6.45, 7) is 7.62. The number of rotatable bonds is 5. The van der Waals surface area contributed by atoms with E-state index in [0.717, 1.165) is 37.3 Å². The number of carbonyl (C=O) groups is 1. The number of aryl methyl sites for hydroxylation is 1. The van der Waals surface area contributed by atoms with Crippen molar-refractivity contribution >= 4 is 5.91 Å². The predicted octanol–water partition coefficient (Wildman–Crippen LogP) is 3.51. The molecule has 1 aliphatic rings.